The molecule has 35 heavy (non-hydrogen) atoms. The minimum absolute atomic E-state index is 0.0426. The van der Waals surface area contributed by atoms with E-state index in [1.807, 2.05) is 13.1 Å². The molecule has 184 valence electrons. The van der Waals surface area contributed by atoms with Crippen LogP contribution >= 0.6 is 0 Å². The third-order valence-electron chi connectivity index (χ3n) is 6.56. The number of piperazine rings is 1. The van der Waals surface area contributed by atoms with Crippen LogP contribution < -0.4 is 14.7 Å². The number of nitrogens with zero attached hydrogens (tertiary/aromatic N) is 6. The van der Waals surface area contributed by atoms with Gasteiger partial charge in [0.05, 0.1) is 11.3 Å². The molecular weight excluding hydrogens is 460 g/mol. The largest absolute Gasteiger partial charge is 0.419 e. The van der Waals surface area contributed by atoms with Crippen molar-refractivity contribution in [1.82, 2.24) is 15.0 Å². The molecule has 0 bridgehead atoms. The number of pyridine rings is 1. The number of anilines is 3. The maximum atomic E-state index is 13.9. The molecule has 6 nitrogen and oxygen atoms in total. The molecule has 0 spiro atoms. The van der Waals surface area contributed by atoms with Crippen LogP contribution in [0, 0.1) is 12.7 Å². The van der Waals surface area contributed by atoms with E-state index in [9.17, 15) is 17.6 Å². The van der Waals surface area contributed by atoms with Crippen LogP contribution in [0.4, 0.5) is 35.1 Å². The van der Waals surface area contributed by atoms with Gasteiger partial charge in [-0.15, -0.1) is 0 Å². The summed E-state index contributed by atoms with van der Waals surface area (Å²) < 4.78 is 54.3. The first kappa shape index (κ1) is 23.3. The zero-order chi connectivity index (χ0) is 24.7. The number of aryl methyl sites for hydroxylation is 1. The highest BCUT2D eigenvalue weighted by molar-refractivity contribution is 5.66. The van der Waals surface area contributed by atoms with Crippen molar-refractivity contribution < 1.29 is 17.6 Å². The minimum Gasteiger partial charge on any atom is -0.353 e. The van der Waals surface area contributed by atoms with Crippen LogP contribution in [-0.4, -0.2) is 54.2 Å². The van der Waals surface area contributed by atoms with Gasteiger partial charge in [0.25, 0.3) is 0 Å². The van der Waals surface area contributed by atoms with Gasteiger partial charge in [-0.2, -0.15) is 18.2 Å². The summed E-state index contributed by atoms with van der Waals surface area (Å²) in [7, 11) is 1.97. The van der Waals surface area contributed by atoms with E-state index in [0.717, 1.165) is 24.5 Å². The Balaban J connectivity index is 1.42. The molecule has 3 heterocycles. The summed E-state index contributed by atoms with van der Waals surface area (Å²) >= 11 is 0. The molecule has 10 heteroatoms. The van der Waals surface area contributed by atoms with E-state index in [1.54, 1.807) is 24.0 Å². The molecule has 3 aromatic rings. The average molecular weight is 487 g/mol. The zero-order valence-electron chi connectivity index (χ0n) is 19.6. The van der Waals surface area contributed by atoms with E-state index >= 15 is 0 Å². The second-order valence-electron chi connectivity index (χ2n) is 9.06. The first-order chi connectivity index (χ1) is 16.7. The van der Waals surface area contributed by atoms with Crippen molar-refractivity contribution in [3.63, 3.8) is 0 Å². The van der Waals surface area contributed by atoms with E-state index in [-0.39, 0.29) is 11.6 Å². The SMILES string of the molecule is Cc1cc(-c2cc(N3CCN(c4ncccc4C(F)(F)F)CC3)nc(N(C)C3CC3)n2)ccc1F. The summed E-state index contributed by atoms with van der Waals surface area (Å²) in [6.45, 7) is 3.44. The van der Waals surface area contributed by atoms with E-state index in [1.165, 1.54) is 18.3 Å². The van der Waals surface area contributed by atoms with Gasteiger partial charge in [-0.25, -0.2) is 14.4 Å². The number of rotatable bonds is 5. The maximum Gasteiger partial charge on any atom is 0.419 e. The predicted octanol–water partition coefficient (Wildman–Crippen LogP) is 4.93. The van der Waals surface area contributed by atoms with Crippen molar-refractivity contribution in [1.29, 1.82) is 0 Å². The summed E-state index contributed by atoms with van der Waals surface area (Å²) in [4.78, 5) is 19.3. The van der Waals surface area contributed by atoms with Crippen molar-refractivity contribution in [2.75, 3.05) is 47.9 Å². The zero-order valence-corrected chi connectivity index (χ0v) is 19.6. The Morgan fingerprint density at radius 2 is 1.69 bits per heavy atom. The van der Waals surface area contributed by atoms with Gasteiger partial charge in [-0.3, -0.25) is 0 Å². The molecule has 2 aromatic heterocycles. The summed E-state index contributed by atoms with van der Waals surface area (Å²) in [5, 5.41) is 0. The molecule has 1 aliphatic carbocycles. The summed E-state index contributed by atoms with van der Waals surface area (Å²) in [5.74, 6) is 0.978. The molecule has 1 saturated heterocycles. The van der Waals surface area contributed by atoms with Crippen molar-refractivity contribution in [3.05, 3.63) is 59.5 Å². The number of halogens is 4. The molecule has 1 saturated carbocycles. The lowest BCUT2D eigenvalue weighted by atomic mass is 10.1. The Bertz CT molecular complexity index is 1220. The Morgan fingerprint density at radius 3 is 2.34 bits per heavy atom. The highest BCUT2D eigenvalue weighted by atomic mass is 19.4. The van der Waals surface area contributed by atoms with Crippen molar-refractivity contribution in [2.45, 2.75) is 32.0 Å². The lowest BCUT2D eigenvalue weighted by Crippen LogP contribution is -2.47. The van der Waals surface area contributed by atoms with Gasteiger partial charge < -0.3 is 14.7 Å². The third-order valence-corrected chi connectivity index (χ3v) is 6.56. The van der Waals surface area contributed by atoms with E-state index in [0.29, 0.717) is 55.2 Å². The topological polar surface area (TPSA) is 48.4 Å². The first-order valence-corrected chi connectivity index (χ1v) is 11.6. The monoisotopic (exact) mass is 486 g/mol. The number of alkyl halides is 3. The highest BCUT2D eigenvalue weighted by Gasteiger charge is 2.36. The first-order valence-electron chi connectivity index (χ1n) is 11.6. The number of aromatic nitrogens is 3. The molecule has 0 unspecified atom stereocenters. The van der Waals surface area contributed by atoms with E-state index < -0.39 is 11.7 Å². The van der Waals surface area contributed by atoms with Crippen molar-refractivity contribution in [2.24, 2.45) is 0 Å². The second-order valence-corrected chi connectivity index (χ2v) is 9.06. The quantitative estimate of drug-likeness (QED) is 0.477. The van der Waals surface area contributed by atoms with Crippen LogP contribution in [-0.2, 0) is 6.18 Å². The maximum absolute atomic E-state index is 13.9. The fourth-order valence-electron chi connectivity index (χ4n) is 4.34. The molecule has 2 aliphatic rings. The molecule has 0 atom stereocenters. The van der Waals surface area contributed by atoms with Gasteiger partial charge in [-0.05, 0) is 55.7 Å². The molecule has 0 N–H and O–H groups in total. The Labute approximate surface area is 201 Å². The number of benzene rings is 1. The molecule has 5 rings (SSSR count). The van der Waals surface area contributed by atoms with Gasteiger partial charge >= 0.3 is 6.18 Å². The van der Waals surface area contributed by atoms with Crippen LogP contribution in [0.2, 0.25) is 0 Å². The highest BCUT2D eigenvalue weighted by Crippen LogP contribution is 2.36. The lowest BCUT2D eigenvalue weighted by molar-refractivity contribution is -0.137. The molecule has 1 aromatic carbocycles. The van der Waals surface area contributed by atoms with Crippen LogP contribution in [0.3, 0.4) is 0 Å². The normalized spacial score (nSPS) is 16.5. The Kier molecular flexibility index (Phi) is 5.98. The minimum atomic E-state index is -4.46. The van der Waals surface area contributed by atoms with Gasteiger partial charge in [0, 0.05) is 57.1 Å². The van der Waals surface area contributed by atoms with Gasteiger partial charge in [0.1, 0.15) is 17.5 Å². The third kappa shape index (κ3) is 4.87. The fraction of sp³-hybridized carbons (Fsp3) is 0.400. The smallest absolute Gasteiger partial charge is 0.353 e. The van der Waals surface area contributed by atoms with E-state index in [4.69, 9.17) is 9.97 Å². The van der Waals surface area contributed by atoms with Crippen LogP contribution in [0.1, 0.15) is 24.0 Å². The molecule has 1 aliphatic heterocycles. The number of hydrogen-bond donors (Lipinski definition) is 0. The summed E-state index contributed by atoms with van der Waals surface area (Å²) in [6, 6.07) is 9.54. The summed E-state index contributed by atoms with van der Waals surface area (Å²) in [5.41, 5.74) is 1.29. The Morgan fingerprint density at radius 1 is 0.971 bits per heavy atom. The summed E-state index contributed by atoms with van der Waals surface area (Å²) in [6.07, 6.45) is -0.908. The molecular formula is C25H26F4N6. The molecule has 2 fully saturated rings. The van der Waals surface area contributed by atoms with Gasteiger partial charge in [-0.1, -0.05) is 0 Å². The van der Waals surface area contributed by atoms with Crippen LogP contribution in [0.15, 0.2) is 42.6 Å². The van der Waals surface area contributed by atoms with Crippen LogP contribution in [0.5, 0.6) is 0 Å². The van der Waals surface area contributed by atoms with Crippen molar-refractivity contribution >= 4 is 17.6 Å². The van der Waals surface area contributed by atoms with E-state index in [2.05, 4.69) is 14.8 Å². The Hall–Kier alpha value is -3.43. The lowest BCUT2D eigenvalue weighted by Gasteiger charge is -2.37. The second kappa shape index (κ2) is 8.98. The van der Waals surface area contributed by atoms with Crippen LogP contribution in [0.25, 0.3) is 11.3 Å². The molecule has 0 radical (unpaired) electrons. The standard InChI is InChI=1S/C25H26F4N6/c1-16-14-17(5-8-20(16)26)21-15-22(32-24(31-21)33(2)18-6-7-18)34-10-12-35(13-11-34)23-19(25(27,28)29)4-3-9-30-23/h3-5,8-9,14-15,18H,6-7,10-13H2,1-2H3. The fourth-order valence-corrected chi connectivity index (χ4v) is 4.34. The number of hydrogen-bond acceptors (Lipinski definition) is 6. The van der Waals surface area contributed by atoms with Crippen molar-refractivity contribution in [3.8, 4) is 11.3 Å². The van der Waals surface area contributed by atoms with Gasteiger partial charge in [0.15, 0.2) is 0 Å². The average Bonchev–Trinajstić information content (AvgIpc) is 3.70. The van der Waals surface area contributed by atoms with Gasteiger partial charge in [0.2, 0.25) is 5.95 Å². The molecule has 0 amide bonds. The predicted molar refractivity (Wildman–Crippen MR) is 127 cm³/mol.